The van der Waals surface area contributed by atoms with Crippen LogP contribution < -0.4 is 25.8 Å². The van der Waals surface area contributed by atoms with Crippen LogP contribution in [-0.4, -0.2) is 47.8 Å². The van der Waals surface area contributed by atoms with Gasteiger partial charge in [0.1, 0.15) is 17.3 Å². The van der Waals surface area contributed by atoms with E-state index in [1.807, 2.05) is 18.2 Å². The van der Waals surface area contributed by atoms with Crippen molar-refractivity contribution in [3.05, 3.63) is 75.8 Å². The van der Waals surface area contributed by atoms with Gasteiger partial charge < -0.3 is 20.3 Å². The lowest BCUT2D eigenvalue weighted by Gasteiger charge is -2.30. The number of methoxy groups -OCH3 is 1. The summed E-state index contributed by atoms with van der Waals surface area (Å²) in [4.78, 5) is 24.2. The number of aromatic nitrogens is 3. The number of nitrogens with one attached hydrogen (secondary N) is 2. The molecule has 9 nitrogen and oxygen atoms in total. The number of nitriles is 1. The zero-order valence-electron chi connectivity index (χ0n) is 19.0. The van der Waals surface area contributed by atoms with Crippen LogP contribution in [0, 0.1) is 11.3 Å². The number of hydrogen-bond acceptors (Lipinski definition) is 8. The lowest BCUT2D eigenvalue weighted by atomic mass is 10.2. The summed E-state index contributed by atoms with van der Waals surface area (Å²) in [6, 6.07) is 14.9. The summed E-state index contributed by atoms with van der Waals surface area (Å²) in [6.07, 6.45) is 2.88. The van der Waals surface area contributed by atoms with E-state index < -0.39 is 0 Å². The van der Waals surface area contributed by atoms with E-state index in [1.54, 1.807) is 31.4 Å². The Labute approximate surface area is 206 Å². The summed E-state index contributed by atoms with van der Waals surface area (Å²) < 4.78 is 6.97. The van der Waals surface area contributed by atoms with Gasteiger partial charge in [-0.25, -0.2) is 9.97 Å². The Morgan fingerprint density at radius 2 is 1.97 bits per heavy atom. The van der Waals surface area contributed by atoms with Gasteiger partial charge in [0.05, 0.1) is 34.5 Å². The second-order valence-corrected chi connectivity index (χ2v) is 8.39. The molecule has 0 radical (unpaired) electrons. The third kappa shape index (κ3) is 4.37. The van der Waals surface area contributed by atoms with Gasteiger partial charge in [-0.15, -0.1) is 0 Å². The predicted octanol–water partition coefficient (Wildman–Crippen LogP) is 3.47. The van der Waals surface area contributed by atoms with Crippen molar-refractivity contribution >= 4 is 39.8 Å². The van der Waals surface area contributed by atoms with Gasteiger partial charge >= 0.3 is 0 Å². The molecule has 1 aliphatic rings. The second kappa shape index (κ2) is 9.62. The van der Waals surface area contributed by atoms with E-state index in [2.05, 4.69) is 31.6 Å². The molecule has 0 unspecified atom stereocenters. The van der Waals surface area contributed by atoms with Gasteiger partial charge in [-0.1, -0.05) is 23.7 Å². The zero-order chi connectivity index (χ0) is 24.4. The van der Waals surface area contributed by atoms with Gasteiger partial charge in [-0.2, -0.15) is 5.26 Å². The maximum Gasteiger partial charge on any atom is 0.266 e. The Bertz CT molecular complexity index is 1510. The molecule has 1 aliphatic heterocycles. The second-order valence-electron chi connectivity index (χ2n) is 7.99. The average molecular weight is 488 g/mol. The highest BCUT2D eigenvalue weighted by Gasteiger charge is 2.17. The van der Waals surface area contributed by atoms with Crippen LogP contribution in [0.3, 0.4) is 0 Å². The monoisotopic (exact) mass is 487 g/mol. The van der Waals surface area contributed by atoms with Gasteiger partial charge in [-0.05, 0) is 24.3 Å². The number of fused-ring (bicyclic) bond motifs is 1. The minimum Gasteiger partial charge on any atom is -0.495 e. The Morgan fingerprint density at radius 3 is 2.71 bits per heavy atom. The highest BCUT2D eigenvalue weighted by atomic mass is 35.5. The summed E-state index contributed by atoms with van der Waals surface area (Å²) in [5.41, 5.74) is 2.37. The SMILES string of the molecule is COc1cc(Nc2ncc3c(=O)n(-c4ccccc4Cl)cc(C#N)c3n2)ccc1N1CCNCC1. The fourth-order valence-electron chi connectivity index (χ4n) is 4.14. The molecule has 5 rings (SSSR count). The molecule has 4 aromatic rings. The van der Waals surface area contributed by atoms with Crippen LogP contribution in [0.2, 0.25) is 5.02 Å². The molecule has 0 saturated carbocycles. The smallest absolute Gasteiger partial charge is 0.266 e. The van der Waals surface area contributed by atoms with Crippen LogP contribution in [0.25, 0.3) is 16.6 Å². The Balaban J connectivity index is 1.50. The van der Waals surface area contributed by atoms with Gasteiger partial charge in [0.25, 0.3) is 5.56 Å². The van der Waals surface area contributed by atoms with Crippen LogP contribution in [0.4, 0.5) is 17.3 Å². The van der Waals surface area contributed by atoms with Crippen LogP contribution in [0.5, 0.6) is 5.75 Å². The number of rotatable bonds is 5. The number of pyridine rings is 1. The van der Waals surface area contributed by atoms with Gasteiger partial charge in [0.2, 0.25) is 5.95 Å². The van der Waals surface area contributed by atoms with E-state index in [0.29, 0.717) is 10.7 Å². The average Bonchev–Trinajstić information content (AvgIpc) is 2.90. The van der Waals surface area contributed by atoms with E-state index >= 15 is 0 Å². The first-order valence-corrected chi connectivity index (χ1v) is 11.4. The quantitative estimate of drug-likeness (QED) is 0.440. The van der Waals surface area contributed by atoms with Crippen molar-refractivity contribution in [2.45, 2.75) is 0 Å². The summed E-state index contributed by atoms with van der Waals surface area (Å²) in [5, 5.41) is 16.9. The van der Waals surface area contributed by atoms with Crippen LogP contribution in [0.15, 0.2) is 59.7 Å². The van der Waals surface area contributed by atoms with E-state index in [9.17, 15) is 10.1 Å². The van der Waals surface area contributed by atoms with Crippen LogP contribution in [0.1, 0.15) is 5.56 Å². The molecule has 0 aliphatic carbocycles. The van der Waals surface area contributed by atoms with E-state index in [-0.39, 0.29) is 28.0 Å². The van der Waals surface area contributed by atoms with Gasteiger partial charge in [0.15, 0.2) is 0 Å². The molecule has 2 N–H and O–H groups in total. The van der Waals surface area contributed by atoms with Crippen molar-refractivity contribution < 1.29 is 4.74 Å². The Hall–Kier alpha value is -4.13. The number of benzene rings is 2. The molecule has 0 amide bonds. The minimum atomic E-state index is -0.360. The lowest BCUT2D eigenvalue weighted by Crippen LogP contribution is -2.43. The summed E-state index contributed by atoms with van der Waals surface area (Å²) >= 11 is 6.28. The minimum absolute atomic E-state index is 0.223. The normalized spacial score (nSPS) is 13.5. The molecule has 0 atom stereocenters. The molecule has 176 valence electrons. The predicted molar refractivity (Wildman–Crippen MR) is 136 cm³/mol. The zero-order valence-corrected chi connectivity index (χ0v) is 19.7. The number of hydrogen-bond donors (Lipinski definition) is 2. The molecule has 1 fully saturated rings. The molecule has 35 heavy (non-hydrogen) atoms. The summed E-state index contributed by atoms with van der Waals surface area (Å²) in [5.74, 6) is 0.999. The highest BCUT2D eigenvalue weighted by Crippen LogP contribution is 2.32. The van der Waals surface area contributed by atoms with E-state index in [1.165, 1.54) is 17.0 Å². The molecule has 2 aromatic heterocycles. The molecule has 10 heteroatoms. The molecule has 0 bridgehead atoms. The van der Waals surface area contributed by atoms with Crippen molar-refractivity contribution in [2.75, 3.05) is 43.5 Å². The fraction of sp³-hybridized carbons (Fsp3) is 0.200. The topological polar surface area (TPSA) is 108 Å². The number of anilines is 3. The van der Waals surface area contributed by atoms with Crippen LogP contribution in [-0.2, 0) is 0 Å². The number of para-hydroxylation sites is 1. The maximum atomic E-state index is 13.2. The van der Waals surface area contributed by atoms with Crippen molar-refractivity contribution in [3.63, 3.8) is 0 Å². The van der Waals surface area contributed by atoms with Crippen molar-refractivity contribution in [1.82, 2.24) is 19.9 Å². The Morgan fingerprint density at radius 1 is 1.17 bits per heavy atom. The first-order valence-electron chi connectivity index (χ1n) is 11.1. The molecule has 1 saturated heterocycles. The largest absolute Gasteiger partial charge is 0.495 e. The number of ether oxygens (including phenoxy) is 1. The standard InChI is InChI=1S/C25H22ClN7O2/c1-35-22-12-17(6-7-21(22)32-10-8-28-9-11-32)30-25-29-14-18-23(31-25)16(13-27)15-33(24(18)34)20-5-3-2-4-19(20)26/h2-7,12,14-15,28H,8-11H2,1H3,(H,29,30,31). The van der Waals surface area contributed by atoms with Crippen LogP contribution >= 0.6 is 11.6 Å². The van der Waals surface area contributed by atoms with Crippen molar-refractivity contribution in [3.8, 4) is 17.5 Å². The van der Waals surface area contributed by atoms with E-state index in [4.69, 9.17) is 16.3 Å². The molecule has 0 spiro atoms. The van der Waals surface area contributed by atoms with Crippen molar-refractivity contribution in [2.24, 2.45) is 0 Å². The maximum absolute atomic E-state index is 13.2. The fourth-order valence-corrected chi connectivity index (χ4v) is 4.37. The highest BCUT2D eigenvalue weighted by molar-refractivity contribution is 6.32. The van der Waals surface area contributed by atoms with Gasteiger partial charge in [0, 0.05) is 50.3 Å². The molecular weight excluding hydrogens is 466 g/mol. The first-order chi connectivity index (χ1) is 17.1. The van der Waals surface area contributed by atoms with Crippen molar-refractivity contribution in [1.29, 1.82) is 5.26 Å². The third-order valence-electron chi connectivity index (χ3n) is 5.88. The molecule has 2 aromatic carbocycles. The third-order valence-corrected chi connectivity index (χ3v) is 6.20. The van der Waals surface area contributed by atoms with E-state index in [0.717, 1.165) is 43.3 Å². The van der Waals surface area contributed by atoms with Gasteiger partial charge in [-0.3, -0.25) is 9.36 Å². The Kier molecular flexibility index (Phi) is 6.23. The lowest BCUT2D eigenvalue weighted by molar-refractivity contribution is 0.413. The number of nitrogens with zero attached hydrogens (tertiary/aromatic N) is 5. The first kappa shape index (κ1) is 22.7. The number of halogens is 1. The number of piperazine rings is 1. The summed E-state index contributed by atoms with van der Waals surface area (Å²) in [6.45, 7) is 3.65. The molecule has 3 heterocycles. The molecular formula is C25H22ClN7O2. The summed E-state index contributed by atoms with van der Waals surface area (Å²) in [7, 11) is 1.64.